The van der Waals surface area contributed by atoms with Gasteiger partial charge in [-0.1, -0.05) is 12.1 Å². The van der Waals surface area contributed by atoms with Gasteiger partial charge in [0.15, 0.2) is 0 Å². The summed E-state index contributed by atoms with van der Waals surface area (Å²) in [4.78, 5) is 21.9. The van der Waals surface area contributed by atoms with Crippen LogP contribution in [0.1, 0.15) is 11.1 Å². The first-order valence-electron chi connectivity index (χ1n) is 7.13. The van der Waals surface area contributed by atoms with Crippen LogP contribution in [0, 0.1) is 4.78 Å². The van der Waals surface area contributed by atoms with Crippen LogP contribution >= 0.6 is 0 Å². The second-order valence-electron chi connectivity index (χ2n) is 5.54. The zero-order chi connectivity index (χ0) is 17.5. The average molecular weight is 347 g/mol. The van der Waals surface area contributed by atoms with Gasteiger partial charge in [-0.15, -0.1) is 0 Å². The normalized spacial score (nSPS) is 15.9. The lowest BCUT2D eigenvalue weighted by Gasteiger charge is -2.17. The Kier molecular flexibility index (Phi) is 3.88. The second-order valence-corrected chi connectivity index (χ2v) is 7.59. The number of fused-ring (bicyclic) bond motifs is 1. The minimum atomic E-state index is -3.13. The molecule has 1 aliphatic heterocycles. The summed E-state index contributed by atoms with van der Waals surface area (Å²) in [7, 11) is -1.54. The number of nitrogen functional groups attached to an aromatic ring is 1. The second kappa shape index (κ2) is 5.75. The van der Waals surface area contributed by atoms with Gasteiger partial charge >= 0.3 is 0 Å². The highest BCUT2D eigenvalue weighted by Gasteiger charge is 2.32. The molecule has 9 heteroatoms. The van der Waals surface area contributed by atoms with Gasteiger partial charge in [0.2, 0.25) is 11.1 Å². The van der Waals surface area contributed by atoms with Gasteiger partial charge < -0.3 is 10.5 Å². The minimum absolute atomic E-state index is 0.0977. The third-order valence-corrected chi connectivity index (χ3v) is 4.61. The number of nitrogens with two attached hydrogens (primary N) is 1. The third kappa shape index (κ3) is 2.90. The monoisotopic (exact) mass is 347 g/mol. The highest BCUT2D eigenvalue weighted by molar-refractivity contribution is 7.91. The zero-order valence-corrected chi connectivity index (χ0v) is 14.1. The van der Waals surface area contributed by atoms with Crippen LogP contribution in [-0.4, -0.2) is 33.4 Å². The Morgan fingerprint density at radius 1 is 1.33 bits per heavy atom. The molecule has 1 amide bonds. The van der Waals surface area contributed by atoms with Crippen molar-refractivity contribution in [1.82, 2.24) is 9.97 Å². The number of hydrogen-bond donors (Lipinski definition) is 2. The highest BCUT2D eigenvalue weighted by atomic mass is 32.2. The van der Waals surface area contributed by atoms with E-state index in [9.17, 15) is 9.00 Å². The average Bonchev–Trinajstić information content (AvgIpc) is 2.84. The number of hydrogen-bond acceptors (Lipinski definition) is 7. The molecule has 0 saturated carbocycles. The number of amides is 1. The van der Waals surface area contributed by atoms with Crippen molar-refractivity contribution in [2.45, 2.75) is 18.1 Å². The Bertz CT molecular complexity index is 909. The van der Waals surface area contributed by atoms with E-state index < -0.39 is 9.73 Å². The molecular weight excluding hydrogens is 330 g/mol. The molecule has 0 fully saturated rings. The van der Waals surface area contributed by atoms with E-state index >= 15 is 0 Å². The Labute approximate surface area is 139 Å². The molecule has 1 aliphatic rings. The van der Waals surface area contributed by atoms with Crippen LogP contribution in [-0.2, 0) is 27.5 Å². The van der Waals surface area contributed by atoms with Crippen LogP contribution in [0.25, 0.3) is 0 Å². The summed E-state index contributed by atoms with van der Waals surface area (Å²) in [6.07, 6.45) is 1.32. The van der Waals surface area contributed by atoms with Gasteiger partial charge in [0.1, 0.15) is 27.1 Å². The van der Waals surface area contributed by atoms with Crippen molar-refractivity contribution in [3.63, 3.8) is 0 Å². The van der Waals surface area contributed by atoms with Crippen LogP contribution < -0.4 is 15.4 Å². The van der Waals surface area contributed by atoms with Gasteiger partial charge in [-0.25, -0.2) is 19.0 Å². The van der Waals surface area contributed by atoms with Gasteiger partial charge in [-0.05, 0) is 17.7 Å². The van der Waals surface area contributed by atoms with Crippen LogP contribution in [0.3, 0.4) is 0 Å². The number of rotatable bonds is 4. The molecule has 1 aromatic heterocycles. The molecule has 24 heavy (non-hydrogen) atoms. The summed E-state index contributed by atoms with van der Waals surface area (Å²) < 4.78 is 24.7. The molecule has 1 unspecified atom stereocenters. The summed E-state index contributed by atoms with van der Waals surface area (Å²) in [6, 6.07) is 7.31. The summed E-state index contributed by atoms with van der Waals surface area (Å²) in [5.41, 5.74) is 7.27. The van der Waals surface area contributed by atoms with E-state index in [4.69, 9.17) is 15.3 Å². The summed E-state index contributed by atoms with van der Waals surface area (Å²) >= 11 is 0. The molecule has 126 valence electrons. The van der Waals surface area contributed by atoms with E-state index in [-0.39, 0.29) is 23.3 Å². The highest BCUT2D eigenvalue weighted by Crippen LogP contribution is 2.32. The number of methoxy groups -OCH3 is 1. The molecular formula is C15H17N5O3S. The molecule has 8 nitrogen and oxygen atoms in total. The van der Waals surface area contributed by atoms with Crippen molar-refractivity contribution >= 4 is 27.3 Å². The van der Waals surface area contributed by atoms with Crippen LogP contribution in [0.5, 0.6) is 5.75 Å². The van der Waals surface area contributed by atoms with Crippen molar-refractivity contribution in [3.8, 4) is 5.75 Å². The van der Waals surface area contributed by atoms with Crippen molar-refractivity contribution < 1.29 is 13.7 Å². The van der Waals surface area contributed by atoms with Gasteiger partial charge in [0, 0.05) is 11.8 Å². The fraction of sp³-hybridized carbons (Fsp3) is 0.267. The first kappa shape index (κ1) is 16.2. The van der Waals surface area contributed by atoms with E-state index in [0.717, 1.165) is 11.3 Å². The minimum Gasteiger partial charge on any atom is -0.497 e. The number of nitrogens with one attached hydrogen (secondary N) is 1. The van der Waals surface area contributed by atoms with Gasteiger partial charge in [-0.2, -0.15) is 0 Å². The molecule has 1 atom stereocenters. The molecule has 0 radical (unpaired) electrons. The predicted octanol–water partition coefficient (Wildman–Crippen LogP) is 1.19. The van der Waals surface area contributed by atoms with Crippen molar-refractivity contribution in [3.05, 3.63) is 35.4 Å². The predicted molar refractivity (Wildman–Crippen MR) is 89.4 cm³/mol. The Morgan fingerprint density at radius 3 is 2.58 bits per heavy atom. The van der Waals surface area contributed by atoms with Gasteiger partial charge in [-0.3, -0.25) is 9.69 Å². The number of nitrogens with zero attached hydrogens (tertiary/aromatic N) is 3. The summed E-state index contributed by atoms with van der Waals surface area (Å²) in [5.74, 6) is 0.995. The standard InChI is InChI=1S/C15H17N5O3S/c1-23-10-5-3-9(4-6-10)8-20-12(21)7-11-13(16)18-15(19-14(11)20)24(2,17)22/h3-6,17H,7-8H2,1-2H3,(H2,16,18,19). The topological polar surface area (TPSA) is 122 Å². The fourth-order valence-corrected chi connectivity index (χ4v) is 3.01. The molecule has 0 bridgehead atoms. The number of ether oxygens (including phenoxy) is 1. The molecule has 2 aromatic rings. The largest absolute Gasteiger partial charge is 0.497 e. The van der Waals surface area contributed by atoms with Crippen LogP contribution in [0.4, 0.5) is 11.6 Å². The smallest absolute Gasteiger partial charge is 0.233 e. The molecule has 0 aliphatic carbocycles. The molecule has 0 spiro atoms. The maximum Gasteiger partial charge on any atom is 0.233 e. The number of aromatic nitrogens is 2. The SMILES string of the molecule is COc1ccc(CN2C(=O)Cc3c(N)nc(S(C)(=N)=O)nc32)cc1. The lowest BCUT2D eigenvalue weighted by Crippen LogP contribution is -2.27. The lowest BCUT2D eigenvalue weighted by molar-refractivity contribution is -0.117. The maximum atomic E-state index is 12.3. The molecule has 3 rings (SSSR count). The lowest BCUT2D eigenvalue weighted by atomic mass is 10.2. The van der Waals surface area contributed by atoms with Crippen LogP contribution in [0.15, 0.2) is 29.4 Å². The van der Waals surface area contributed by atoms with E-state index in [0.29, 0.717) is 17.9 Å². The first-order chi connectivity index (χ1) is 11.3. The Hall–Kier alpha value is -2.68. The molecule has 0 saturated heterocycles. The Morgan fingerprint density at radius 2 is 2.00 bits per heavy atom. The van der Waals surface area contributed by atoms with Gasteiger partial charge in [0.25, 0.3) is 0 Å². The summed E-state index contributed by atoms with van der Waals surface area (Å²) in [6.45, 7) is 0.300. The molecule has 2 heterocycles. The molecule has 1 aromatic carbocycles. The van der Waals surface area contributed by atoms with E-state index in [1.165, 1.54) is 11.2 Å². The Balaban J connectivity index is 1.99. The van der Waals surface area contributed by atoms with Gasteiger partial charge in [0.05, 0.1) is 20.1 Å². The van der Waals surface area contributed by atoms with E-state index in [1.54, 1.807) is 19.2 Å². The first-order valence-corrected chi connectivity index (χ1v) is 9.09. The number of carbonyl (C=O) groups is 1. The number of anilines is 2. The van der Waals surface area contributed by atoms with Crippen molar-refractivity contribution in [1.29, 1.82) is 4.78 Å². The van der Waals surface area contributed by atoms with Crippen molar-refractivity contribution in [2.24, 2.45) is 0 Å². The fourth-order valence-electron chi connectivity index (χ4n) is 2.48. The quantitative estimate of drug-likeness (QED) is 0.801. The molecule has 3 N–H and O–H groups in total. The summed E-state index contributed by atoms with van der Waals surface area (Å²) in [5, 5.41) is -0.159. The van der Waals surface area contributed by atoms with E-state index in [1.807, 2.05) is 12.1 Å². The van der Waals surface area contributed by atoms with Crippen molar-refractivity contribution in [2.75, 3.05) is 24.0 Å². The van der Waals surface area contributed by atoms with E-state index in [2.05, 4.69) is 9.97 Å². The maximum absolute atomic E-state index is 12.3. The number of benzene rings is 1. The third-order valence-electron chi connectivity index (χ3n) is 3.73. The van der Waals surface area contributed by atoms with Crippen LogP contribution in [0.2, 0.25) is 0 Å². The number of carbonyl (C=O) groups excluding carboxylic acids is 1. The zero-order valence-electron chi connectivity index (χ0n) is 13.3.